The highest BCUT2D eigenvalue weighted by Gasteiger charge is 2.28. The number of hydrogen-bond acceptors (Lipinski definition) is 6. The Bertz CT molecular complexity index is 722. The number of H-pyrrole nitrogens is 1. The maximum atomic E-state index is 11.9. The Morgan fingerprint density at radius 1 is 1.48 bits per heavy atom. The van der Waals surface area contributed by atoms with E-state index in [0.29, 0.717) is 11.7 Å². The third-order valence-corrected chi connectivity index (χ3v) is 3.11. The van der Waals surface area contributed by atoms with Crippen LogP contribution in [-0.2, 0) is 0 Å². The number of hydrogen-bond donors (Lipinski definition) is 3. The molecule has 0 bridgehead atoms. The number of nitro groups is 1. The van der Waals surface area contributed by atoms with Gasteiger partial charge < -0.3 is 10.4 Å². The Kier molecular flexibility index (Phi) is 3.01. The van der Waals surface area contributed by atoms with Crippen LogP contribution in [0.3, 0.4) is 0 Å². The standard InChI is InChI=1S/C12H11N5O4/c18-9-5-7(17(20)21)3-4-8(9)13-12(19)11-14-10(15-16-11)6-1-2-6/h3-6,18H,1-2H2,(H,13,19)(H,14,15,16). The minimum Gasteiger partial charge on any atom is -0.506 e. The molecule has 1 heterocycles. The number of amides is 1. The highest BCUT2D eigenvalue weighted by atomic mass is 16.6. The van der Waals surface area contributed by atoms with E-state index in [1.807, 2.05) is 0 Å². The van der Waals surface area contributed by atoms with Crippen LogP contribution >= 0.6 is 0 Å². The molecule has 0 radical (unpaired) electrons. The summed E-state index contributed by atoms with van der Waals surface area (Å²) in [5.41, 5.74) is -0.206. The van der Waals surface area contributed by atoms with Crippen molar-refractivity contribution >= 4 is 17.3 Å². The molecule has 0 spiro atoms. The molecule has 1 fully saturated rings. The number of nitro benzene ring substituents is 1. The van der Waals surface area contributed by atoms with Crippen molar-refractivity contribution in [1.29, 1.82) is 0 Å². The van der Waals surface area contributed by atoms with Crippen LogP contribution in [0.25, 0.3) is 0 Å². The summed E-state index contributed by atoms with van der Waals surface area (Å²) < 4.78 is 0. The fourth-order valence-corrected chi connectivity index (χ4v) is 1.83. The van der Waals surface area contributed by atoms with Crippen molar-refractivity contribution < 1.29 is 14.8 Å². The zero-order chi connectivity index (χ0) is 15.0. The second kappa shape index (κ2) is 4.85. The van der Waals surface area contributed by atoms with Crippen LogP contribution in [0, 0.1) is 10.1 Å². The van der Waals surface area contributed by atoms with Gasteiger partial charge in [-0.15, -0.1) is 5.10 Å². The van der Waals surface area contributed by atoms with Gasteiger partial charge in [-0.1, -0.05) is 0 Å². The molecule has 1 aliphatic rings. The van der Waals surface area contributed by atoms with Gasteiger partial charge in [0.25, 0.3) is 11.6 Å². The highest BCUT2D eigenvalue weighted by Crippen LogP contribution is 2.37. The van der Waals surface area contributed by atoms with E-state index in [2.05, 4.69) is 20.5 Å². The molecule has 1 amide bonds. The molecule has 9 nitrogen and oxygen atoms in total. The second-order valence-corrected chi connectivity index (χ2v) is 4.73. The zero-order valence-corrected chi connectivity index (χ0v) is 10.7. The van der Waals surface area contributed by atoms with Crippen LogP contribution < -0.4 is 5.32 Å². The molecule has 2 aromatic rings. The molecule has 108 valence electrons. The van der Waals surface area contributed by atoms with E-state index >= 15 is 0 Å². The molecule has 3 rings (SSSR count). The van der Waals surface area contributed by atoms with Crippen molar-refractivity contribution in [3.05, 3.63) is 40.0 Å². The summed E-state index contributed by atoms with van der Waals surface area (Å²) in [5, 5.41) is 29.2. The van der Waals surface area contributed by atoms with Crippen molar-refractivity contribution in [1.82, 2.24) is 15.2 Å². The molecule has 3 N–H and O–H groups in total. The summed E-state index contributed by atoms with van der Waals surface area (Å²) in [6.45, 7) is 0. The van der Waals surface area contributed by atoms with E-state index < -0.39 is 16.6 Å². The van der Waals surface area contributed by atoms with Gasteiger partial charge in [0.2, 0.25) is 5.82 Å². The lowest BCUT2D eigenvalue weighted by atomic mass is 10.2. The summed E-state index contributed by atoms with van der Waals surface area (Å²) in [5.74, 6) is -0.00708. The topological polar surface area (TPSA) is 134 Å². The quantitative estimate of drug-likeness (QED) is 0.444. The first-order valence-corrected chi connectivity index (χ1v) is 6.25. The van der Waals surface area contributed by atoms with Crippen molar-refractivity contribution in [3.63, 3.8) is 0 Å². The monoisotopic (exact) mass is 289 g/mol. The lowest BCUT2D eigenvalue weighted by molar-refractivity contribution is -0.384. The van der Waals surface area contributed by atoms with E-state index in [-0.39, 0.29) is 17.2 Å². The Morgan fingerprint density at radius 2 is 2.24 bits per heavy atom. The van der Waals surface area contributed by atoms with Crippen LogP contribution in [-0.4, -0.2) is 31.1 Å². The minimum absolute atomic E-state index is 0.0327. The predicted octanol–water partition coefficient (Wildman–Crippen LogP) is 1.55. The molecule has 1 aromatic carbocycles. The average molecular weight is 289 g/mol. The molecule has 1 aliphatic carbocycles. The first-order chi connectivity index (χ1) is 10.0. The summed E-state index contributed by atoms with van der Waals surface area (Å²) in [7, 11) is 0. The van der Waals surface area contributed by atoms with Gasteiger partial charge in [0.1, 0.15) is 11.6 Å². The number of phenolic OH excluding ortho intramolecular Hbond substituents is 1. The molecule has 0 aliphatic heterocycles. The molecular weight excluding hydrogens is 278 g/mol. The van der Waals surface area contributed by atoms with E-state index in [0.717, 1.165) is 18.9 Å². The van der Waals surface area contributed by atoms with E-state index in [9.17, 15) is 20.0 Å². The largest absolute Gasteiger partial charge is 0.506 e. The van der Waals surface area contributed by atoms with Crippen LogP contribution in [0.5, 0.6) is 5.75 Å². The van der Waals surface area contributed by atoms with E-state index in [1.54, 1.807) is 0 Å². The maximum Gasteiger partial charge on any atom is 0.295 e. The molecule has 0 saturated heterocycles. The van der Waals surface area contributed by atoms with E-state index in [4.69, 9.17) is 0 Å². The van der Waals surface area contributed by atoms with Crippen molar-refractivity contribution in [2.75, 3.05) is 5.32 Å². The van der Waals surface area contributed by atoms with Gasteiger partial charge in [0, 0.05) is 12.0 Å². The number of aromatic nitrogens is 3. The summed E-state index contributed by atoms with van der Waals surface area (Å²) in [6.07, 6.45) is 2.05. The number of nitrogens with one attached hydrogen (secondary N) is 2. The molecule has 0 atom stereocenters. The fraction of sp³-hybridized carbons (Fsp3) is 0.250. The number of rotatable bonds is 4. The van der Waals surface area contributed by atoms with E-state index in [1.165, 1.54) is 12.1 Å². The number of benzene rings is 1. The van der Waals surface area contributed by atoms with Crippen molar-refractivity contribution in [2.45, 2.75) is 18.8 Å². The third-order valence-electron chi connectivity index (χ3n) is 3.11. The maximum absolute atomic E-state index is 11.9. The molecule has 1 aromatic heterocycles. The lowest BCUT2D eigenvalue weighted by Crippen LogP contribution is -2.14. The smallest absolute Gasteiger partial charge is 0.295 e. The van der Waals surface area contributed by atoms with Gasteiger partial charge in [0.05, 0.1) is 16.7 Å². The van der Waals surface area contributed by atoms with Crippen LogP contribution in [0.1, 0.15) is 35.2 Å². The van der Waals surface area contributed by atoms with Gasteiger partial charge in [-0.25, -0.2) is 4.98 Å². The van der Waals surface area contributed by atoms with Crippen molar-refractivity contribution in [2.24, 2.45) is 0 Å². The lowest BCUT2D eigenvalue weighted by Gasteiger charge is -2.04. The van der Waals surface area contributed by atoms with Crippen LogP contribution in [0.15, 0.2) is 18.2 Å². The van der Waals surface area contributed by atoms with Gasteiger partial charge in [-0.3, -0.25) is 20.0 Å². The zero-order valence-electron chi connectivity index (χ0n) is 10.7. The summed E-state index contributed by atoms with van der Waals surface area (Å²) in [6, 6.07) is 3.39. The molecule has 0 unspecified atom stereocenters. The Balaban J connectivity index is 1.75. The number of nitrogens with zero attached hydrogens (tertiary/aromatic N) is 3. The number of anilines is 1. The molecule has 1 saturated carbocycles. The first-order valence-electron chi connectivity index (χ1n) is 6.25. The normalized spacial score (nSPS) is 13.9. The summed E-state index contributed by atoms with van der Waals surface area (Å²) in [4.78, 5) is 25.9. The Labute approximate surface area is 118 Å². The van der Waals surface area contributed by atoms with Crippen molar-refractivity contribution in [3.8, 4) is 5.75 Å². The van der Waals surface area contributed by atoms with Crippen LogP contribution in [0.4, 0.5) is 11.4 Å². The third kappa shape index (κ3) is 2.66. The SMILES string of the molecule is O=C(Nc1ccc([N+](=O)[O-])cc1O)c1n[nH]c(C2CC2)n1. The van der Waals surface area contributed by atoms with Gasteiger partial charge in [-0.05, 0) is 18.9 Å². The fourth-order valence-electron chi connectivity index (χ4n) is 1.83. The number of carbonyl (C=O) groups is 1. The number of aromatic amines is 1. The number of phenols is 1. The molecule has 21 heavy (non-hydrogen) atoms. The predicted molar refractivity (Wildman–Crippen MR) is 71.1 cm³/mol. The Morgan fingerprint density at radius 3 is 2.86 bits per heavy atom. The Hall–Kier alpha value is -2.97. The summed E-state index contributed by atoms with van der Waals surface area (Å²) >= 11 is 0. The van der Waals surface area contributed by atoms with Crippen LogP contribution in [0.2, 0.25) is 0 Å². The molecule has 9 heteroatoms. The highest BCUT2D eigenvalue weighted by molar-refractivity contribution is 6.02. The molecular formula is C12H11N5O4. The minimum atomic E-state index is -0.636. The number of carbonyl (C=O) groups excluding carboxylic acids is 1. The number of non-ortho nitro benzene ring substituents is 1. The number of aromatic hydroxyl groups is 1. The first kappa shape index (κ1) is 13.0. The average Bonchev–Trinajstić information content (AvgIpc) is 3.18. The van der Waals surface area contributed by atoms with Gasteiger partial charge in [-0.2, -0.15) is 0 Å². The second-order valence-electron chi connectivity index (χ2n) is 4.73. The van der Waals surface area contributed by atoms with Gasteiger partial charge in [0.15, 0.2) is 0 Å². The van der Waals surface area contributed by atoms with Gasteiger partial charge >= 0.3 is 0 Å².